The normalized spacial score (nSPS) is 23.4. The third kappa shape index (κ3) is 5.36. The van der Waals surface area contributed by atoms with E-state index < -0.39 is 0 Å². The van der Waals surface area contributed by atoms with Crippen LogP contribution in [-0.2, 0) is 4.74 Å². The van der Waals surface area contributed by atoms with Gasteiger partial charge in [0, 0.05) is 13.2 Å². The summed E-state index contributed by atoms with van der Waals surface area (Å²) >= 11 is 5.30. The quantitative estimate of drug-likeness (QED) is 0.426. The lowest BCUT2D eigenvalue weighted by Crippen LogP contribution is -2.37. The summed E-state index contributed by atoms with van der Waals surface area (Å²) in [5, 5.41) is 8.34. The highest BCUT2D eigenvalue weighted by Crippen LogP contribution is 2.27. The van der Waals surface area contributed by atoms with Crippen LogP contribution in [0.3, 0.4) is 0 Å². The number of hydrogen-bond donors (Lipinski definition) is 2. The average molecular weight is 324 g/mol. The Balaban J connectivity index is 1.76. The maximum Gasteiger partial charge on any atom is 0.187 e. The van der Waals surface area contributed by atoms with Crippen molar-refractivity contribution in [3.05, 3.63) is 11.1 Å². The van der Waals surface area contributed by atoms with Crippen LogP contribution >= 0.6 is 12.2 Å². The fraction of sp³-hybridized carbons (Fsp3) is 0.765. The Hall–Kier alpha value is -0.940. The summed E-state index contributed by atoms with van der Waals surface area (Å²) in [6, 6.07) is 0. The molecule has 1 saturated heterocycles. The van der Waals surface area contributed by atoms with E-state index in [0.29, 0.717) is 11.2 Å². The first-order valence-electron chi connectivity index (χ1n) is 8.61. The number of allylic oxidation sites excluding steroid dienone is 2. The van der Waals surface area contributed by atoms with Crippen LogP contribution in [0.2, 0.25) is 0 Å². The first kappa shape index (κ1) is 17.4. The molecular weight excluding hydrogens is 294 g/mol. The summed E-state index contributed by atoms with van der Waals surface area (Å²) in [5.74, 6) is 0. The van der Waals surface area contributed by atoms with Gasteiger partial charge in [-0.05, 0) is 63.2 Å². The summed E-state index contributed by atoms with van der Waals surface area (Å²) < 4.78 is 5.57. The molecule has 0 spiro atoms. The van der Waals surface area contributed by atoms with Gasteiger partial charge in [-0.3, -0.25) is 5.43 Å². The van der Waals surface area contributed by atoms with Crippen LogP contribution in [0.15, 0.2) is 16.2 Å². The zero-order chi connectivity index (χ0) is 15.8. The molecule has 1 fully saturated rings. The van der Waals surface area contributed by atoms with Gasteiger partial charge in [-0.15, -0.1) is 0 Å². The van der Waals surface area contributed by atoms with Gasteiger partial charge in [-0.1, -0.05) is 25.3 Å². The first-order chi connectivity index (χ1) is 10.7. The van der Waals surface area contributed by atoms with E-state index in [9.17, 15) is 0 Å². The molecule has 0 radical (unpaired) electrons. The minimum Gasteiger partial charge on any atom is -0.376 e. The second-order valence-electron chi connectivity index (χ2n) is 6.23. The summed E-state index contributed by atoms with van der Waals surface area (Å²) in [5.41, 5.74) is 7.14. The Morgan fingerprint density at radius 1 is 1.36 bits per heavy atom. The first-order valence-corrected chi connectivity index (χ1v) is 9.02. The van der Waals surface area contributed by atoms with E-state index in [1.54, 1.807) is 0 Å². The number of nitrogens with zero attached hydrogens (tertiary/aromatic N) is 1. The number of hydrazone groups is 1. The second-order valence-corrected chi connectivity index (χ2v) is 6.64. The van der Waals surface area contributed by atoms with Gasteiger partial charge in [-0.2, -0.15) is 5.10 Å². The molecule has 0 unspecified atom stereocenters. The van der Waals surface area contributed by atoms with Gasteiger partial charge in [0.05, 0.1) is 11.8 Å². The number of nitrogens with one attached hydrogen (secondary N) is 2. The highest BCUT2D eigenvalue weighted by molar-refractivity contribution is 7.80. The molecule has 0 aromatic carbocycles. The van der Waals surface area contributed by atoms with Gasteiger partial charge in [-0.25, -0.2) is 0 Å². The lowest BCUT2D eigenvalue weighted by molar-refractivity contribution is 0.114. The monoisotopic (exact) mass is 323 g/mol. The predicted octanol–water partition coefficient (Wildman–Crippen LogP) is 3.68. The van der Waals surface area contributed by atoms with Crippen LogP contribution in [0.5, 0.6) is 0 Å². The molecule has 1 aliphatic heterocycles. The van der Waals surface area contributed by atoms with E-state index in [2.05, 4.69) is 29.7 Å². The standard InChI is InChI=1S/C17H29N3OS/c1-3-4-5-8-15-13(2)9-10-16(15)19-20-17(22)18-12-14-7-6-11-21-14/h14H,3-12H2,1-2H3,(H2,18,20,22)/b19-16-/t14-/m0/s1. The van der Waals surface area contributed by atoms with E-state index in [4.69, 9.17) is 17.0 Å². The molecule has 1 aliphatic carbocycles. The fourth-order valence-corrected chi connectivity index (χ4v) is 3.19. The Labute approximate surface area is 139 Å². The lowest BCUT2D eigenvalue weighted by Gasteiger charge is -2.12. The van der Waals surface area contributed by atoms with Crippen molar-refractivity contribution in [2.45, 2.75) is 71.3 Å². The number of thiocarbonyl (C=S) groups is 1. The molecule has 5 heteroatoms. The Morgan fingerprint density at radius 2 is 2.23 bits per heavy atom. The topological polar surface area (TPSA) is 45.7 Å². The molecule has 0 bridgehead atoms. The van der Waals surface area contributed by atoms with Crippen LogP contribution in [-0.4, -0.2) is 30.1 Å². The van der Waals surface area contributed by atoms with Crippen molar-refractivity contribution >= 4 is 23.0 Å². The van der Waals surface area contributed by atoms with Gasteiger partial charge in [0.25, 0.3) is 0 Å². The van der Waals surface area contributed by atoms with E-state index in [-0.39, 0.29) is 0 Å². The fourth-order valence-electron chi connectivity index (χ4n) is 3.06. The molecule has 0 amide bonds. The summed E-state index contributed by atoms with van der Waals surface area (Å²) in [6.07, 6.45) is 9.69. The van der Waals surface area contributed by atoms with Gasteiger partial charge < -0.3 is 10.1 Å². The molecule has 4 nitrogen and oxygen atoms in total. The van der Waals surface area contributed by atoms with E-state index in [0.717, 1.165) is 45.3 Å². The molecule has 0 aromatic heterocycles. The second kappa shape index (κ2) is 9.26. The zero-order valence-electron chi connectivity index (χ0n) is 13.9. The largest absolute Gasteiger partial charge is 0.376 e. The highest BCUT2D eigenvalue weighted by Gasteiger charge is 2.18. The SMILES string of the molecule is CCCCCC1=C(C)CC/C1=N/NC(=S)NC[C@@H]1CCCO1. The van der Waals surface area contributed by atoms with Crippen molar-refractivity contribution in [2.75, 3.05) is 13.2 Å². The van der Waals surface area contributed by atoms with E-state index >= 15 is 0 Å². The number of hydrogen-bond acceptors (Lipinski definition) is 3. The molecular formula is C17H29N3OS. The number of unbranched alkanes of at least 4 members (excludes halogenated alkanes) is 2. The van der Waals surface area contributed by atoms with Crippen LogP contribution in [0.1, 0.15) is 65.2 Å². The highest BCUT2D eigenvalue weighted by atomic mass is 32.1. The lowest BCUT2D eigenvalue weighted by atomic mass is 10.0. The summed E-state index contributed by atoms with van der Waals surface area (Å²) in [4.78, 5) is 0. The van der Waals surface area contributed by atoms with Crippen molar-refractivity contribution in [2.24, 2.45) is 5.10 Å². The average Bonchev–Trinajstić information content (AvgIpc) is 3.14. The van der Waals surface area contributed by atoms with Crippen LogP contribution in [0.25, 0.3) is 0 Å². The Bertz CT molecular complexity index is 439. The molecule has 1 heterocycles. The minimum atomic E-state index is 0.297. The molecule has 2 N–H and O–H groups in total. The molecule has 0 aromatic rings. The van der Waals surface area contributed by atoms with Crippen molar-refractivity contribution in [1.82, 2.24) is 10.7 Å². The third-order valence-corrected chi connectivity index (χ3v) is 4.67. The molecule has 2 aliphatic rings. The molecule has 124 valence electrons. The summed E-state index contributed by atoms with van der Waals surface area (Å²) in [7, 11) is 0. The van der Waals surface area contributed by atoms with Crippen molar-refractivity contribution < 1.29 is 4.74 Å². The summed E-state index contributed by atoms with van der Waals surface area (Å²) in [6.45, 7) is 6.12. The van der Waals surface area contributed by atoms with Crippen LogP contribution in [0.4, 0.5) is 0 Å². The van der Waals surface area contributed by atoms with Crippen molar-refractivity contribution in [3.63, 3.8) is 0 Å². The smallest absolute Gasteiger partial charge is 0.187 e. The zero-order valence-corrected chi connectivity index (χ0v) is 14.7. The molecule has 0 saturated carbocycles. The van der Waals surface area contributed by atoms with Gasteiger partial charge >= 0.3 is 0 Å². The van der Waals surface area contributed by atoms with Gasteiger partial charge in [0.2, 0.25) is 0 Å². The molecule has 2 rings (SSSR count). The maximum atomic E-state index is 5.57. The van der Waals surface area contributed by atoms with Gasteiger partial charge in [0.1, 0.15) is 0 Å². The van der Waals surface area contributed by atoms with Crippen molar-refractivity contribution in [1.29, 1.82) is 0 Å². The van der Waals surface area contributed by atoms with Crippen LogP contribution < -0.4 is 10.7 Å². The maximum absolute atomic E-state index is 5.57. The van der Waals surface area contributed by atoms with Gasteiger partial charge in [0.15, 0.2) is 5.11 Å². The predicted molar refractivity (Wildman–Crippen MR) is 96.2 cm³/mol. The Kier molecular flexibility index (Phi) is 7.33. The molecule has 1 atom stereocenters. The number of rotatable bonds is 7. The molecule has 22 heavy (non-hydrogen) atoms. The van der Waals surface area contributed by atoms with Crippen LogP contribution in [0, 0.1) is 0 Å². The Morgan fingerprint density at radius 3 is 2.95 bits per heavy atom. The number of ether oxygens (including phenoxy) is 1. The van der Waals surface area contributed by atoms with E-state index in [1.807, 2.05) is 0 Å². The van der Waals surface area contributed by atoms with E-state index in [1.165, 1.54) is 36.1 Å². The minimum absolute atomic E-state index is 0.297. The van der Waals surface area contributed by atoms with Crippen molar-refractivity contribution in [3.8, 4) is 0 Å². The third-order valence-electron chi connectivity index (χ3n) is 4.44.